The Morgan fingerprint density at radius 2 is 2.17 bits per heavy atom. The number of rotatable bonds is 4. The van der Waals surface area contributed by atoms with E-state index in [1.54, 1.807) is 23.0 Å². The summed E-state index contributed by atoms with van der Waals surface area (Å²) in [6.07, 6.45) is 7.45. The molecule has 0 aliphatic heterocycles. The van der Waals surface area contributed by atoms with Gasteiger partial charge in [-0.1, -0.05) is 12.8 Å². The van der Waals surface area contributed by atoms with E-state index in [0.717, 1.165) is 25.7 Å². The Labute approximate surface area is 108 Å². The number of nitrogens with two attached hydrogens (primary N) is 1. The van der Waals surface area contributed by atoms with Crippen LogP contribution in [0.4, 0.5) is 0 Å². The minimum Gasteiger partial charge on any atom is -0.356 e. The van der Waals surface area contributed by atoms with Gasteiger partial charge in [-0.2, -0.15) is 0 Å². The number of aromatic nitrogens is 1. The lowest BCUT2D eigenvalue weighted by Gasteiger charge is -2.30. The van der Waals surface area contributed by atoms with Gasteiger partial charge in [-0.05, 0) is 31.4 Å². The van der Waals surface area contributed by atoms with Crippen LogP contribution in [0.3, 0.4) is 0 Å². The minimum absolute atomic E-state index is 0.0195. The molecular weight excluding hydrogens is 250 g/mol. The summed E-state index contributed by atoms with van der Waals surface area (Å²) in [5, 5.41) is 0. The van der Waals surface area contributed by atoms with Crippen molar-refractivity contribution in [1.29, 1.82) is 0 Å². The summed E-state index contributed by atoms with van der Waals surface area (Å²) in [6.45, 7) is 0.544. The van der Waals surface area contributed by atoms with Gasteiger partial charge in [0, 0.05) is 25.5 Å². The Balaban J connectivity index is 2.12. The van der Waals surface area contributed by atoms with Gasteiger partial charge in [0.2, 0.25) is 10.0 Å². The zero-order valence-corrected chi connectivity index (χ0v) is 11.5. The van der Waals surface area contributed by atoms with Crippen LogP contribution in [-0.2, 0) is 17.1 Å². The third kappa shape index (κ3) is 2.93. The van der Waals surface area contributed by atoms with Crippen molar-refractivity contribution in [3.05, 3.63) is 18.5 Å². The Morgan fingerprint density at radius 3 is 2.78 bits per heavy atom. The Kier molecular flexibility index (Phi) is 4.09. The predicted molar refractivity (Wildman–Crippen MR) is 70.5 cm³/mol. The molecule has 2 unspecified atom stereocenters. The molecule has 1 aromatic rings. The largest absolute Gasteiger partial charge is 0.356 e. The van der Waals surface area contributed by atoms with Gasteiger partial charge in [0.25, 0.3) is 0 Å². The fraction of sp³-hybridized carbons (Fsp3) is 0.667. The quantitative estimate of drug-likeness (QED) is 0.851. The van der Waals surface area contributed by atoms with Crippen LogP contribution in [0.25, 0.3) is 0 Å². The lowest BCUT2D eigenvalue weighted by Crippen LogP contribution is -2.44. The summed E-state index contributed by atoms with van der Waals surface area (Å²) in [7, 11) is -1.60. The monoisotopic (exact) mass is 271 g/mol. The summed E-state index contributed by atoms with van der Waals surface area (Å²) >= 11 is 0. The normalized spacial score (nSPS) is 25.2. The number of aryl methyl sites for hydroxylation is 1. The molecule has 1 aliphatic carbocycles. The van der Waals surface area contributed by atoms with Gasteiger partial charge < -0.3 is 10.3 Å². The van der Waals surface area contributed by atoms with Crippen LogP contribution >= 0.6 is 0 Å². The first kappa shape index (κ1) is 13.6. The molecule has 3 N–H and O–H groups in total. The third-order valence-corrected chi connectivity index (χ3v) is 5.11. The fourth-order valence-corrected chi connectivity index (χ4v) is 3.94. The Morgan fingerprint density at radius 1 is 1.44 bits per heavy atom. The molecule has 5 nitrogen and oxygen atoms in total. The van der Waals surface area contributed by atoms with Crippen molar-refractivity contribution in [2.24, 2.45) is 18.7 Å². The van der Waals surface area contributed by atoms with Gasteiger partial charge in [-0.15, -0.1) is 0 Å². The van der Waals surface area contributed by atoms with Crippen molar-refractivity contribution in [1.82, 2.24) is 9.29 Å². The molecule has 0 bridgehead atoms. The fourth-order valence-electron chi connectivity index (χ4n) is 2.55. The molecule has 1 fully saturated rings. The van der Waals surface area contributed by atoms with E-state index in [0.29, 0.717) is 11.4 Å². The van der Waals surface area contributed by atoms with Gasteiger partial charge in [0.05, 0.1) is 4.90 Å². The highest BCUT2D eigenvalue weighted by atomic mass is 32.2. The molecule has 1 heterocycles. The van der Waals surface area contributed by atoms with E-state index in [9.17, 15) is 8.42 Å². The van der Waals surface area contributed by atoms with Gasteiger partial charge in [0.1, 0.15) is 0 Å². The maximum absolute atomic E-state index is 12.2. The van der Waals surface area contributed by atoms with Crippen molar-refractivity contribution >= 4 is 10.0 Å². The molecule has 6 heteroatoms. The van der Waals surface area contributed by atoms with Crippen LogP contribution in [0.2, 0.25) is 0 Å². The summed E-state index contributed by atoms with van der Waals surface area (Å²) in [6, 6.07) is 1.59. The zero-order valence-electron chi connectivity index (χ0n) is 10.7. The molecule has 0 spiro atoms. The molecule has 1 aromatic heterocycles. The molecule has 18 heavy (non-hydrogen) atoms. The number of hydrogen-bond acceptors (Lipinski definition) is 3. The van der Waals surface area contributed by atoms with Crippen molar-refractivity contribution in [2.75, 3.05) is 6.54 Å². The van der Waals surface area contributed by atoms with Crippen LogP contribution in [-0.4, -0.2) is 25.6 Å². The molecule has 1 aliphatic rings. The van der Waals surface area contributed by atoms with E-state index in [1.165, 1.54) is 0 Å². The first-order chi connectivity index (χ1) is 8.53. The molecule has 0 aromatic carbocycles. The molecule has 0 amide bonds. The number of sulfonamides is 1. The first-order valence-corrected chi connectivity index (χ1v) is 7.85. The highest BCUT2D eigenvalue weighted by Gasteiger charge is 2.28. The number of nitrogens with zero attached hydrogens (tertiary/aromatic N) is 1. The molecular formula is C12H21N3O2S. The van der Waals surface area contributed by atoms with Crippen LogP contribution in [0.1, 0.15) is 25.7 Å². The lowest BCUT2D eigenvalue weighted by atomic mass is 9.85. The molecule has 102 valence electrons. The minimum atomic E-state index is -3.41. The van der Waals surface area contributed by atoms with E-state index in [-0.39, 0.29) is 12.0 Å². The topological polar surface area (TPSA) is 77.1 Å². The van der Waals surface area contributed by atoms with E-state index in [2.05, 4.69) is 4.72 Å². The Hall–Kier alpha value is -0.850. The number of nitrogens with one attached hydrogen (secondary N) is 1. The van der Waals surface area contributed by atoms with Gasteiger partial charge >= 0.3 is 0 Å². The molecule has 0 saturated heterocycles. The lowest BCUT2D eigenvalue weighted by molar-refractivity contribution is 0.296. The Bertz CT molecular complexity index is 495. The van der Waals surface area contributed by atoms with Crippen molar-refractivity contribution in [3.63, 3.8) is 0 Å². The van der Waals surface area contributed by atoms with Crippen LogP contribution in [0, 0.1) is 5.92 Å². The van der Waals surface area contributed by atoms with Crippen LogP contribution < -0.4 is 10.5 Å². The van der Waals surface area contributed by atoms with E-state index < -0.39 is 10.0 Å². The zero-order chi connectivity index (χ0) is 13.2. The van der Waals surface area contributed by atoms with Gasteiger partial charge in [-0.3, -0.25) is 0 Å². The van der Waals surface area contributed by atoms with Crippen molar-refractivity contribution in [2.45, 2.75) is 36.6 Å². The van der Waals surface area contributed by atoms with Crippen molar-refractivity contribution in [3.8, 4) is 0 Å². The van der Waals surface area contributed by atoms with Crippen molar-refractivity contribution < 1.29 is 8.42 Å². The molecule has 2 rings (SSSR count). The SMILES string of the molecule is Cn1ccc(S(=O)(=O)NC2CCCCC2CN)c1. The molecule has 1 saturated carbocycles. The first-order valence-electron chi connectivity index (χ1n) is 6.37. The maximum Gasteiger partial charge on any atom is 0.242 e. The number of hydrogen-bond donors (Lipinski definition) is 2. The summed E-state index contributed by atoms with van der Waals surface area (Å²) in [4.78, 5) is 0.325. The van der Waals surface area contributed by atoms with Crippen LogP contribution in [0.15, 0.2) is 23.4 Å². The van der Waals surface area contributed by atoms with Gasteiger partial charge in [-0.25, -0.2) is 13.1 Å². The second kappa shape index (κ2) is 5.42. The third-order valence-electron chi connectivity index (χ3n) is 3.63. The molecule has 0 radical (unpaired) electrons. The van der Waals surface area contributed by atoms with Crippen LogP contribution in [0.5, 0.6) is 0 Å². The molecule has 2 atom stereocenters. The second-order valence-corrected chi connectivity index (χ2v) is 6.73. The van der Waals surface area contributed by atoms with Gasteiger partial charge in [0.15, 0.2) is 0 Å². The second-order valence-electron chi connectivity index (χ2n) is 5.02. The highest BCUT2D eigenvalue weighted by molar-refractivity contribution is 7.89. The average molecular weight is 271 g/mol. The highest BCUT2D eigenvalue weighted by Crippen LogP contribution is 2.25. The summed E-state index contributed by atoms with van der Waals surface area (Å²) in [5.74, 6) is 0.261. The smallest absolute Gasteiger partial charge is 0.242 e. The predicted octanol–water partition coefficient (Wildman–Crippen LogP) is 0.821. The van der Waals surface area contributed by atoms with E-state index >= 15 is 0 Å². The standard InChI is InChI=1S/C12H21N3O2S/c1-15-7-6-11(9-15)18(16,17)14-12-5-3-2-4-10(12)8-13/h6-7,9-10,12,14H,2-5,8,13H2,1H3. The summed E-state index contributed by atoms with van der Waals surface area (Å²) < 4.78 is 29.0. The summed E-state index contributed by atoms with van der Waals surface area (Å²) in [5.41, 5.74) is 5.72. The maximum atomic E-state index is 12.2. The average Bonchev–Trinajstić information content (AvgIpc) is 2.77. The van der Waals surface area contributed by atoms with E-state index in [4.69, 9.17) is 5.73 Å². The van der Waals surface area contributed by atoms with E-state index in [1.807, 2.05) is 7.05 Å².